The topological polar surface area (TPSA) is 4.93 Å². The van der Waals surface area contributed by atoms with Gasteiger partial charge in [0.25, 0.3) is 0 Å². The summed E-state index contributed by atoms with van der Waals surface area (Å²) in [6.45, 7) is 4.65. The molecule has 0 aliphatic heterocycles. The number of para-hydroxylation sites is 2. The molecule has 1 aromatic heterocycles. The maximum atomic E-state index is 2.47. The van der Waals surface area contributed by atoms with Crippen LogP contribution in [-0.4, -0.2) is 13.4 Å². The molecule has 101 valence electrons. The van der Waals surface area contributed by atoms with E-state index >= 15 is 0 Å². The van der Waals surface area contributed by atoms with E-state index < -0.39 is 8.80 Å². The molecule has 1 nitrogen and oxygen atoms in total. The fourth-order valence-corrected chi connectivity index (χ4v) is 5.03. The molecule has 0 unspecified atom stereocenters. The Hall–Kier alpha value is -1.80. The zero-order valence-corrected chi connectivity index (χ0v) is 13.1. The number of hydrogen-bond acceptors (Lipinski definition) is 0. The average molecular weight is 278 g/mol. The van der Waals surface area contributed by atoms with E-state index in [0.29, 0.717) is 0 Å². The van der Waals surface area contributed by atoms with Crippen LogP contribution in [0.2, 0.25) is 12.1 Å². The van der Waals surface area contributed by atoms with Crippen LogP contribution in [0.5, 0.6) is 0 Å². The normalized spacial score (nSPS) is 11.3. The van der Waals surface area contributed by atoms with E-state index in [4.69, 9.17) is 0 Å². The Balaban J connectivity index is 2.29. The van der Waals surface area contributed by atoms with Crippen molar-refractivity contribution in [3.8, 4) is 5.69 Å². The van der Waals surface area contributed by atoms with Gasteiger partial charge in [-0.1, -0.05) is 62.3 Å². The molecule has 20 heavy (non-hydrogen) atoms. The van der Waals surface area contributed by atoms with Crippen molar-refractivity contribution in [2.24, 2.45) is 0 Å². The highest BCUT2D eigenvalue weighted by molar-refractivity contribution is 6.72. The minimum absolute atomic E-state index is 0.476. The van der Waals surface area contributed by atoms with Crippen molar-refractivity contribution in [1.29, 1.82) is 0 Å². The Morgan fingerprint density at radius 3 is 2.20 bits per heavy atom. The van der Waals surface area contributed by atoms with Crippen LogP contribution in [0.15, 0.2) is 60.7 Å². The van der Waals surface area contributed by atoms with Crippen LogP contribution in [0, 0.1) is 0 Å². The summed E-state index contributed by atoms with van der Waals surface area (Å²) in [5.74, 6) is 0. The van der Waals surface area contributed by atoms with Crippen molar-refractivity contribution in [2.75, 3.05) is 0 Å². The van der Waals surface area contributed by atoms with Crippen molar-refractivity contribution in [3.05, 3.63) is 60.7 Å². The number of nitrogens with zero attached hydrogens (tertiary/aromatic N) is 1. The summed E-state index contributed by atoms with van der Waals surface area (Å²) in [5.41, 5.74) is 2.62. The van der Waals surface area contributed by atoms with E-state index in [2.05, 4.69) is 79.1 Å². The lowest BCUT2D eigenvalue weighted by Gasteiger charge is -2.16. The van der Waals surface area contributed by atoms with Gasteiger partial charge < -0.3 is 4.57 Å². The summed E-state index contributed by atoms with van der Waals surface area (Å²) in [7, 11) is -0.476. The van der Waals surface area contributed by atoms with Gasteiger partial charge in [-0.2, -0.15) is 0 Å². The van der Waals surface area contributed by atoms with Crippen LogP contribution < -0.4 is 5.32 Å². The van der Waals surface area contributed by atoms with E-state index in [1.807, 2.05) is 0 Å². The number of rotatable bonds is 4. The van der Waals surface area contributed by atoms with E-state index in [9.17, 15) is 0 Å². The van der Waals surface area contributed by atoms with Gasteiger partial charge in [0.2, 0.25) is 0 Å². The first-order chi connectivity index (χ1) is 9.85. The predicted molar refractivity (Wildman–Crippen MR) is 89.6 cm³/mol. The van der Waals surface area contributed by atoms with Crippen LogP contribution in [0.25, 0.3) is 16.6 Å². The molecular formula is C18H20NSi. The van der Waals surface area contributed by atoms with Gasteiger partial charge in [-0.05, 0) is 29.7 Å². The quantitative estimate of drug-likeness (QED) is 0.624. The average Bonchev–Trinajstić information content (AvgIpc) is 2.88. The van der Waals surface area contributed by atoms with Crippen molar-refractivity contribution in [1.82, 2.24) is 4.57 Å². The van der Waals surface area contributed by atoms with Gasteiger partial charge in [-0.15, -0.1) is 0 Å². The maximum Gasteiger partial charge on any atom is 0.108 e. The van der Waals surface area contributed by atoms with Gasteiger partial charge in [0.05, 0.1) is 5.52 Å². The largest absolute Gasteiger partial charge is 0.318 e. The summed E-state index contributed by atoms with van der Waals surface area (Å²) >= 11 is 0. The van der Waals surface area contributed by atoms with Gasteiger partial charge in [-0.25, -0.2) is 0 Å². The zero-order valence-electron chi connectivity index (χ0n) is 12.1. The second-order valence-electron chi connectivity index (χ2n) is 5.07. The molecule has 0 saturated carbocycles. The summed E-state index contributed by atoms with van der Waals surface area (Å²) in [5, 5.41) is 2.89. The predicted octanol–water partition coefficient (Wildman–Crippen LogP) is 4.37. The third-order valence-electron chi connectivity index (χ3n) is 3.94. The number of aromatic nitrogens is 1. The van der Waals surface area contributed by atoms with Crippen LogP contribution in [0.4, 0.5) is 0 Å². The highest BCUT2D eigenvalue weighted by atomic mass is 28.3. The third-order valence-corrected chi connectivity index (χ3v) is 6.74. The molecule has 3 aromatic rings. The van der Waals surface area contributed by atoms with Crippen LogP contribution in [0.1, 0.15) is 13.8 Å². The first-order valence-corrected chi connectivity index (χ1v) is 9.27. The Bertz CT molecular complexity index is 696. The Morgan fingerprint density at radius 2 is 1.50 bits per heavy atom. The molecule has 0 saturated heterocycles. The Morgan fingerprint density at radius 1 is 0.850 bits per heavy atom. The van der Waals surface area contributed by atoms with Crippen LogP contribution in [-0.2, 0) is 0 Å². The first-order valence-electron chi connectivity index (χ1n) is 7.36. The lowest BCUT2D eigenvalue weighted by molar-refractivity contribution is 1.15. The van der Waals surface area contributed by atoms with E-state index in [1.54, 1.807) is 0 Å². The molecular weight excluding hydrogens is 258 g/mol. The lowest BCUT2D eigenvalue weighted by Crippen LogP contribution is -2.33. The first kappa shape index (κ1) is 13.2. The minimum Gasteiger partial charge on any atom is -0.318 e. The lowest BCUT2D eigenvalue weighted by atomic mass is 10.2. The zero-order chi connectivity index (χ0) is 13.9. The second kappa shape index (κ2) is 5.67. The Kier molecular flexibility index (Phi) is 3.74. The number of fused-ring (bicyclic) bond motifs is 1. The second-order valence-corrected chi connectivity index (χ2v) is 8.20. The van der Waals surface area contributed by atoms with Crippen molar-refractivity contribution in [2.45, 2.75) is 25.9 Å². The molecule has 1 radical (unpaired) electrons. The molecule has 0 aliphatic carbocycles. The SMILES string of the molecule is CC[Si](CC)c1cc2ccccc2n1-c1ccccc1. The number of benzene rings is 2. The van der Waals surface area contributed by atoms with E-state index in [0.717, 1.165) is 0 Å². The summed E-state index contributed by atoms with van der Waals surface area (Å²) in [4.78, 5) is 0. The fourth-order valence-electron chi connectivity index (χ4n) is 2.88. The summed E-state index contributed by atoms with van der Waals surface area (Å²) in [6, 6.07) is 24.4. The molecule has 1 heterocycles. The van der Waals surface area contributed by atoms with Gasteiger partial charge >= 0.3 is 0 Å². The highest BCUT2D eigenvalue weighted by Gasteiger charge is 2.17. The van der Waals surface area contributed by atoms with Crippen molar-refractivity contribution < 1.29 is 0 Å². The highest BCUT2D eigenvalue weighted by Crippen LogP contribution is 2.20. The van der Waals surface area contributed by atoms with Gasteiger partial charge in [0.15, 0.2) is 0 Å². The standard InChI is InChI=1S/C18H20NSi/c1-3-20(4-2)18-14-15-10-8-9-13-17(15)19(18)16-11-6-5-7-12-16/h5-14H,3-4H2,1-2H3. The van der Waals surface area contributed by atoms with Crippen molar-refractivity contribution in [3.63, 3.8) is 0 Å². The third kappa shape index (κ3) is 2.20. The smallest absolute Gasteiger partial charge is 0.108 e. The number of hydrogen-bond donors (Lipinski definition) is 0. The molecule has 0 spiro atoms. The molecule has 3 rings (SSSR count). The van der Waals surface area contributed by atoms with E-state index in [1.165, 1.54) is 34.0 Å². The molecule has 2 heteroatoms. The molecule has 2 aromatic carbocycles. The van der Waals surface area contributed by atoms with Crippen LogP contribution >= 0.6 is 0 Å². The monoisotopic (exact) mass is 278 g/mol. The summed E-state index contributed by atoms with van der Waals surface area (Å²) < 4.78 is 2.47. The van der Waals surface area contributed by atoms with Gasteiger partial charge in [0, 0.05) is 11.0 Å². The Labute approximate surface area is 122 Å². The fraction of sp³-hybridized carbons (Fsp3) is 0.222. The van der Waals surface area contributed by atoms with Gasteiger partial charge in [0.1, 0.15) is 8.80 Å². The summed E-state index contributed by atoms with van der Waals surface area (Å²) in [6.07, 6.45) is 0. The molecule has 0 atom stereocenters. The van der Waals surface area contributed by atoms with Crippen LogP contribution in [0.3, 0.4) is 0 Å². The molecule has 0 fully saturated rings. The van der Waals surface area contributed by atoms with Crippen molar-refractivity contribution >= 4 is 25.0 Å². The molecule has 0 amide bonds. The minimum atomic E-state index is -0.476. The van der Waals surface area contributed by atoms with Gasteiger partial charge in [-0.3, -0.25) is 0 Å². The molecule has 0 aliphatic rings. The maximum absolute atomic E-state index is 2.47. The molecule has 0 N–H and O–H groups in total. The molecule has 0 bridgehead atoms. The van der Waals surface area contributed by atoms with E-state index in [-0.39, 0.29) is 0 Å².